The molecule has 8 nitrogen and oxygen atoms in total. The number of nitrogens with zero attached hydrogens (tertiary/aromatic N) is 5. The second-order valence-electron chi connectivity index (χ2n) is 7.69. The summed E-state index contributed by atoms with van der Waals surface area (Å²) in [4.78, 5) is 11.5. The molecule has 0 radical (unpaired) electrons. The molecule has 0 saturated carbocycles. The fourth-order valence-electron chi connectivity index (χ4n) is 3.47. The Morgan fingerprint density at radius 2 is 2.03 bits per heavy atom. The minimum Gasteiger partial charge on any atom is -0.377 e. The Morgan fingerprint density at radius 1 is 1.28 bits per heavy atom. The molecule has 0 fully saturated rings. The highest BCUT2D eigenvalue weighted by Crippen LogP contribution is 2.14. The number of ether oxygens (including phenoxy) is 1. The summed E-state index contributed by atoms with van der Waals surface area (Å²) < 4.78 is 7.13. The van der Waals surface area contributed by atoms with E-state index in [1.54, 1.807) is 7.11 Å². The SMILES string of the molecule is CCNC(=NCc1ccc(CN(C)C)cc1)NC1CCc2nc(COC)nn2C1. The average molecular weight is 400 g/mol. The molecule has 1 unspecified atom stereocenters. The van der Waals surface area contributed by atoms with Gasteiger partial charge in [-0.2, -0.15) is 5.10 Å². The quantitative estimate of drug-likeness (QED) is 0.518. The monoisotopic (exact) mass is 399 g/mol. The molecule has 8 heteroatoms. The van der Waals surface area contributed by atoms with Crippen molar-refractivity contribution < 1.29 is 4.74 Å². The van der Waals surface area contributed by atoms with Crippen LogP contribution in [0.2, 0.25) is 0 Å². The number of hydrogen-bond acceptors (Lipinski definition) is 5. The van der Waals surface area contributed by atoms with Gasteiger partial charge in [-0.25, -0.2) is 14.7 Å². The van der Waals surface area contributed by atoms with Crippen molar-refractivity contribution in [1.29, 1.82) is 0 Å². The molecule has 2 heterocycles. The molecule has 0 bridgehead atoms. The van der Waals surface area contributed by atoms with E-state index in [4.69, 9.17) is 9.73 Å². The van der Waals surface area contributed by atoms with Gasteiger partial charge in [0.2, 0.25) is 0 Å². The van der Waals surface area contributed by atoms with E-state index in [1.165, 1.54) is 11.1 Å². The molecule has 158 valence electrons. The van der Waals surface area contributed by atoms with Crippen LogP contribution < -0.4 is 10.6 Å². The first kappa shape index (κ1) is 21.3. The van der Waals surface area contributed by atoms with Gasteiger partial charge >= 0.3 is 0 Å². The zero-order valence-electron chi connectivity index (χ0n) is 18.0. The van der Waals surface area contributed by atoms with Gasteiger partial charge in [-0.3, -0.25) is 0 Å². The van der Waals surface area contributed by atoms with Gasteiger partial charge in [-0.05, 0) is 38.6 Å². The van der Waals surface area contributed by atoms with Crippen molar-refractivity contribution in [2.75, 3.05) is 27.7 Å². The summed E-state index contributed by atoms with van der Waals surface area (Å²) in [6, 6.07) is 8.95. The summed E-state index contributed by atoms with van der Waals surface area (Å²) in [6.45, 7) is 5.75. The Kier molecular flexibility index (Phi) is 7.60. The van der Waals surface area contributed by atoms with Crippen LogP contribution in [0, 0.1) is 0 Å². The fraction of sp³-hybridized carbons (Fsp3) is 0.571. The van der Waals surface area contributed by atoms with Gasteiger partial charge < -0.3 is 20.3 Å². The summed E-state index contributed by atoms with van der Waals surface area (Å²) in [5.74, 6) is 2.63. The highest BCUT2D eigenvalue weighted by atomic mass is 16.5. The second kappa shape index (κ2) is 10.4. The zero-order chi connectivity index (χ0) is 20.6. The highest BCUT2D eigenvalue weighted by molar-refractivity contribution is 5.80. The van der Waals surface area contributed by atoms with Crippen LogP contribution in [-0.2, 0) is 37.4 Å². The van der Waals surface area contributed by atoms with Crippen LogP contribution in [0.1, 0.15) is 36.1 Å². The molecule has 1 aliphatic rings. The van der Waals surface area contributed by atoms with Crippen LogP contribution in [0.25, 0.3) is 0 Å². The predicted molar refractivity (Wildman–Crippen MR) is 115 cm³/mol. The van der Waals surface area contributed by atoms with Crippen molar-refractivity contribution >= 4 is 5.96 Å². The second-order valence-corrected chi connectivity index (χ2v) is 7.69. The third kappa shape index (κ3) is 6.27. The van der Waals surface area contributed by atoms with Crippen LogP contribution in [-0.4, -0.2) is 59.4 Å². The summed E-state index contributed by atoms with van der Waals surface area (Å²) in [5.41, 5.74) is 2.52. The molecule has 0 amide bonds. The standard InChI is InChI=1S/C21H33N7O/c1-5-22-21(23-12-16-6-8-17(9-7-16)13-27(2)3)24-18-10-11-20-25-19(15-29-4)26-28(20)14-18/h6-9,18H,5,10-15H2,1-4H3,(H2,22,23,24). The van der Waals surface area contributed by atoms with Crippen molar-refractivity contribution in [3.8, 4) is 0 Å². The van der Waals surface area contributed by atoms with Gasteiger partial charge in [-0.1, -0.05) is 24.3 Å². The first-order valence-electron chi connectivity index (χ1n) is 10.3. The number of nitrogens with one attached hydrogen (secondary N) is 2. The molecular weight excluding hydrogens is 366 g/mol. The maximum absolute atomic E-state index is 5.14. The molecule has 1 aliphatic heterocycles. The van der Waals surface area contributed by atoms with Crippen molar-refractivity contribution in [2.24, 2.45) is 4.99 Å². The predicted octanol–water partition coefficient (Wildman–Crippen LogP) is 1.56. The number of guanidine groups is 1. The largest absolute Gasteiger partial charge is 0.377 e. The normalized spacial score (nSPS) is 16.7. The van der Waals surface area contributed by atoms with Crippen LogP contribution >= 0.6 is 0 Å². The molecule has 29 heavy (non-hydrogen) atoms. The molecule has 0 spiro atoms. The molecule has 0 aliphatic carbocycles. The van der Waals surface area contributed by atoms with E-state index in [2.05, 4.69) is 70.9 Å². The Balaban J connectivity index is 1.59. The Bertz CT molecular complexity index is 798. The summed E-state index contributed by atoms with van der Waals surface area (Å²) >= 11 is 0. The number of rotatable bonds is 8. The zero-order valence-corrected chi connectivity index (χ0v) is 18.0. The maximum Gasteiger partial charge on any atom is 0.191 e. The van der Waals surface area contributed by atoms with E-state index in [0.717, 1.165) is 50.1 Å². The summed E-state index contributed by atoms with van der Waals surface area (Å²) in [6.07, 6.45) is 1.91. The van der Waals surface area contributed by atoms with Gasteiger partial charge in [0.1, 0.15) is 12.4 Å². The third-order valence-corrected chi connectivity index (χ3v) is 4.80. The summed E-state index contributed by atoms with van der Waals surface area (Å²) in [7, 11) is 5.83. The third-order valence-electron chi connectivity index (χ3n) is 4.80. The number of methoxy groups -OCH3 is 1. The Morgan fingerprint density at radius 3 is 2.72 bits per heavy atom. The number of hydrogen-bond donors (Lipinski definition) is 2. The van der Waals surface area contributed by atoms with Crippen LogP contribution in [0.5, 0.6) is 0 Å². The molecule has 2 aromatic rings. The number of fused-ring (bicyclic) bond motifs is 1. The highest BCUT2D eigenvalue weighted by Gasteiger charge is 2.22. The maximum atomic E-state index is 5.14. The molecule has 1 atom stereocenters. The lowest BCUT2D eigenvalue weighted by atomic mass is 10.1. The lowest BCUT2D eigenvalue weighted by Crippen LogP contribution is -2.47. The van der Waals surface area contributed by atoms with E-state index >= 15 is 0 Å². The minimum atomic E-state index is 0.278. The first-order valence-corrected chi connectivity index (χ1v) is 10.3. The molecular formula is C21H33N7O. The molecule has 1 aromatic carbocycles. The van der Waals surface area contributed by atoms with Gasteiger partial charge in [-0.15, -0.1) is 0 Å². The van der Waals surface area contributed by atoms with Gasteiger partial charge in [0, 0.05) is 32.7 Å². The van der Waals surface area contributed by atoms with E-state index in [9.17, 15) is 0 Å². The topological polar surface area (TPSA) is 79.6 Å². The van der Waals surface area contributed by atoms with E-state index < -0.39 is 0 Å². The average Bonchev–Trinajstić information content (AvgIpc) is 3.09. The number of aryl methyl sites for hydroxylation is 1. The lowest BCUT2D eigenvalue weighted by Gasteiger charge is -2.25. The smallest absolute Gasteiger partial charge is 0.191 e. The fourth-order valence-corrected chi connectivity index (χ4v) is 3.47. The summed E-state index contributed by atoms with van der Waals surface area (Å²) in [5, 5.41) is 11.5. The van der Waals surface area contributed by atoms with Crippen molar-refractivity contribution in [1.82, 2.24) is 30.3 Å². The number of benzene rings is 1. The molecule has 1 aromatic heterocycles. The lowest BCUT2D eigenvalue weighted by molar-refractivity contribution is 0.177. The molecule has 2 N–H and O–H groups in total. The van der Waals surface area contributed by atoms with Crippen LogP contribution in [0.4, 0.5) is 0 Å². The van der Waals surface area contributed by atoms with Crippen molar-refractivity contribution in [3.05, 3.63) is 47.0 Å². The van der Waals surface area contributed by atoms with E-state index in [-0.39, 0.29) is 6.04 Å². The van der Waals surface area contributed by atoms with Gasteiger partial charge in [0.05, 0.1) is 13.1 Å². The molecule has 0 saturated heterocycles. The van der Waals surface area contributed by atoms with Crippen molar-refractivity contribution in [2.45, 2.75) is 52.0 Å². The number of aromatic nitrogens is 3. The van der Waals surface area contributed by atoms with Gasteiger partial charge in [0.25, 0.3) is 0 Å². The van der Waals surface area contributed by atoms with Crippen LogP contribution in [0.15, 0.2) is 29.3 Å². The van der Waals surface area contributed by atoms with E-state index in [0.29, 0.717) is 13.2 Å². The molecule has 3 rings (SSSR count). The van der Waals surface area contributed by atoms with Crippen LogP contribution in [0.3, 0.4) is 0 Å². The minimum absolute atomic E-state index is 0.278. The van der Waals surface area contributed by atoms with Gasteiger partial charge in [0.15, 0.2) is 11.8 Å². The number of aliphatic imine (C=N–C) groups is 1. The first-order chi connectivity index (χ1) is 14.1. The van der Waals surface area contributed by atoms with E-state index in [1.807, 2.05) is 4.68 Å². The van der Waals surface area contributed by atoms with Crippen molar-refractivity contribution in [3.63, 3.8) is 0 Å². The Hall–Kier alpha value is -2.45. The Labute approximate surface area is 173 Å².